The zero-order valence-corrected chi connectivity index (χ0v) is 11.1. The molecule has 19 heavy (non-hydrogen) atoms. The molecule has 1 amide bonds. The summed E-state index contributed by atoms with van der Waals surface area (Å²) in [4.78, 5) is 15.3. The molecule has 0 unspecified atom stereocenters. The van der Waals surface area contributed by atoms with Crippen molar-refractivity contribution in [1.29, 1.82) is 0 Å². The number of hydrogen-bond acceptors (Lipinski definition) is 4. The Morgan fingerprint density at radius 1 is 1.42 bits per heavy atom. The van der Waals surface area contributed by atoms with Crippen LogP contribution in [-0.2, 0) is 11.3 Å². The number of nitrogens with zero attached hydrogens (tertiary/aromatic N) is 3. The van der Waals surface area contributed by atoms with E-state index in [-0.39, 0.29) is 6.54 Å². The Kier molecular flexibility index (Phi) is 2.79. The molecular weight excluding hydrogens is 260 g/mol. The van der Waals surface area contributed by atoms with E-state index in [2.05, 4.69) is 16.1 Å². The summed E-state index contributed by atoms with van der Waals surface area (Å²) in [5.41, 5.74) is 8.12. The predicted molar refractivity (Wildman–Crippen MR) is 74.8 cm³/mol. The van der Waals surface area contributed by atoms with Crippen LogP contribution < -0.4 is 5.73 Å². The Balaban J connectivity index is 1.98. The maximum absolute atomic E-state index is 10.8. The summed E-state index contributed by atoms with van der Waals surface area (Å²) in [6.07, 6.45) is 3.54. The highest BCUT2D eigenvalue weighted by atomic mass is 32.1. The lowest BCUT2D eigenvalue weighted by Crippen LogP contribution is -2.18. The van der Waals surface area contributed by atoms with Gasteiger partial charge < -0.3 is 5.73 Å². The third kappa shape index (κ3) is 2.34. The quantitative estimate of drug-likeness (QED) is 0.792. The summed E-state index contributed by atoms with van der Waals surface area (Å²) >= 11 is 1.68. The fourth-order valence-electron chi connectivity index (χ4n) is 1.98. The first-order valence-electron chi connectivity index (χ1n) is 5.80. The van der Waals surface area contributed by atoms with Crippen molar-refractivity contribution in [2.75, 3.05) is 0 Å². The van der Waals surface area contributed by atoms with Crippen LogP contribution in [0.4, 0.5) is 0 Å². The van der Waals surface area contributed by atoms with E-state index in [1.807, 2.05) is 25.3 Å². The smallest absolute Gasteiger partial charge is 0.239 e. The molecule has 0 radical (unpaired) electrons. The highest BCUT2D eigenvalue weighted by Gasteiger charge is 2.06. The van der Waals surface area contributed by atoms with Gasteiger partial charge in [-0.3, -0.25) is 9.48 Å². The van der Waals surface area contributed by atoms with Gasteiger partial charge in [0.15, 0.2) is 0 Å². The molecule has 0 saturated heterocycles. The molecule has 3 aromatic rings. The molecule has 3 rings (SSSR count). The zero-order valence-electron chi connectivity index (χ0n) is 10.3. The molecule has 2 heterocycles. The Morgan fingerprint density at radius 2 is 2.26 bits per heavy atom. The van der Waals surface area contributed by atoms with Crippen molar-refractivity contribution in [3.05, 3.63) is 35.6 Å². The van der Waals surface area contributed by atoms with Gasteiger partial charge in [-0.05, 0) is 24.6 Å². The third-order valence-corrected chi connectivity index (χ3v) is 3.73. The van der Waals surface area contributed by atoms with Crippen molar-refractivity contribution in [1.82, 2.24) is 14.8 Å². The molecule has 2 aromatic heterocycles. The van der Waals surface area contributed by atoms with Crippen LogP contribution in [0.3, 0.4) is 0 Å². The van der Waals surface area contributed by atoms with Gasteiger partial charge in [-0.2, -0.15) is 5.10 Å². The van der Waals surface area contributed by atoms with Crippen molar-refractivity contribution >= 4 is 27.5 Å². The lowest BCUT2D eigenvalue weighted by Gasteiger charge is -1.97. The van der Waals surface area contributed by atoms with E-state index < -0.39 is 5.91 Å². The molecule has 5 nitrogen and oxygen atoms in total. The fourth-order valence-corrected chi connectivity index (χ4v) is 2.79. The standard InChI is InChI=1S/C13H12N4OS/c1-8-16-11-4-9(2-3-12(11)19-8)10-5-15-17(6-10)7-13(14)18/h2-6H,7H2,1H3,(H2,14,18). The fraction of sp³-hybridized carbons (Fsp3) is 0.154. The number of carbonyl (C=O) groups is 1. The summed E-state index contributed by atoms with van der Waals surface area (Å²) in [6, 6.07) is 6.12. The summed E-state index contributed by atoms with van der Waals surface area (Å²) in [6.45, 7) is 2.09. The highest BCUT2D eigenvalue weighted by molar-refractivity contribution is 7.18. The Morgan fingerprint density at radius 3 is 3.05 bits per heavy atom. The summed E-state index contributed by atoms with van der Waals surface area (Å²) in [5.74, 6) is -0.403. The largest absolute Gasteiger partial charge is 0.368 e. The van der Waals surface area contributed by atoms with Crippen molar-refractivity contribution in [2.24, 2.45) is 5.73 Å². The molecule has 0 aliphatic rings. The Hall–Kier alpha value is -2.21. The summed E-state index contributed by atoms with van der Waals surface area (Å²) in [5, 5.41) is 5.17. The average molecular weight is 272 g/mol. The minimum atomic E-state index is -0.403. The molecule has 0 aliphatic heterocycles. The number of rotatable bonds is 3. The lowest BCUT2D eigenvalue weighted by atomic mass is 10.1. The number of aromatic nitrogens is 3. The summed E-state index contributed by atoms with van der Waals surface area (Å²) < 4.78 is 2.71. The molecule has 1 aromatic carbocycles. The van der Waals surface area contributed by atoms with E-state index in [0.29, 0.717) is 0 Å². The molecule has 0 bridgehead atoms. The second-order valence-corrected chi connectivity index (χ2v) is 5.54. The maximum Gasteiger partial charge on any atom is 0.239 e. The number of nitrogens with two attached hydrogens (primary N) is 1. The minimum absolute atomic E-state index is 0.0953. The van der Waals surface area contributed by atoms with Crippen LogP contribution in [0.15, 0.2) is 30.6 Å². The molecule has 2 N–H and O–H groups in total. The van der Waals surface area contributed by atoms with Gasteiger partial charge in [0.1, 0.15) is 6.54 Å². The van der Waals surface area contributed by atoms with Crippen LogP contribution in [0, 0.1) is 6.92 Å². The third-order valence-electron chi connectivity index (χ3n) is 2.78. The summed E-state index contributed by atoms with van der Waals surface area (Å²) in [7, 11) is 0. The van der Waals surface area contributed by atoms with E-state index in [4.69, 9.17) is 5.73 Å². The maximum atomic E-state index is 10.8. The molecular formula is C13H12N4OS. The molecule has 0 aliphatic carbocycles. The van der Waals surface area contributed by atoms with Crippen LogP contribution >= 0.6 is 11.3 Å². The predicted octanol–water partition coefficient (Wildman–Crippen LogP) is 1.95. The van der Waals surface area contributed by atoms with Crippen LogP contribution in [0.2, 0.25) is 0 Å². The van der Waals surface area contributed by atoms with Gasteiger partial charge in [0.05, 0.1) is 21.4 Å². The van der Waals surface area contributed by atoms with E-state index in [1.165, 1.54) is 9.38 Å². The highest BCUT2D eigenvalue weighted by Crippen LogP contribution is 2.27. The van der Waals surface area contributed by atoms with Gasteiger partial charge in [-0.15, -0.1) is 11.3 Å². The van der Waals surface area contributed by atoms with Gasteiger partial charge in [0, 0.05) is 11.8 Å². The number of hydrogen-bond donors (Lipinski definition) is 1. The van der Waals surface area contributed by atoms with Crippen LogP contribution in [-0.4, -0.2) is 20.7 Å². The lowest BCUT2D eigenvalue weighted by molar-refractivity contribution is -0.118. The average Bonchev–Trinajstić information content (AvgIpc) is 2.92. The number of primary amides is 1. The number of fused-ring (bicyclic) bond motifs is 1. The number of benzene rings is 1. The van der Waals surface area contributed by atoms with Gasteiger partial charge in [0.25, 0.3) is 0 Å². The van der Waals surface area contributed by atoms with Crippen LogP contribution in [0.25, 0.3) is 21.3 Å². The van der Waals surface area contributed by atoms with Gasteiger partial charge in [-0.25, -0.2) is 4.98 Å². The van der Waals surface area contributed by atoms with Crippen LogP contribution in [0.1, 0.15) is 5.01 Å². The monoisotopic (exact) mass is 272 g/mol. The normalized spacial score (nSPS) is 11.0. The minimum Gasteiger partial charge on any atom is -0.368 e. The molecule has 0 atom stereocenters. The number of amides is 1. The van der Waals surface area contributed by atoms with Crippen molar-refractivity contribution in [3.8, 4) is 11.1 Å². The van der Waals surface area contributed by atoms with E-state index >= 15 is 0 Å². The van der Waals surface area contributed by atoms with E-state index in [0.717, 1.165) is 21.7 Å². The van der Waals surface area contributed by atoms with E-state index in [1.54, 1.807) is 17.5 Å². The van der Waals surface area contributed by atoms with Crippen molar-refractivity contribution in [2.45, 2.75) is 13.5 Å². The zero-order chi connectivity index (χ0) is 13.4. The second-order valence-electron chi connectivity index (χ2n) is 4.31. The number of aryl methyl sites for hydroxylation is 1. The molecule has 0 saturated carbocycles. The van der Waals surface area contributed by atoms with Crippen molar-refractivity contribution in [3.63, 3.8) is 0 Å². The molecule has 96 valence electrons. The Bertz CT molecular complexity index is 759. The van der Waals surface area contributed by atoms with Crippen molar-refractivity contribution < 1.29 is 4.79 Å². The van der Waals surface area contributed by atoms with Gasteiger partial charge >= 0.3 is 0 Å². The molecule has 0 spiro atoms. The van der Waals surface area contributed by atoms with Gasteiger partial charge in [0.2, 0.25) is 5.91 Å². The second kappa shape index (κ2) is 4.47. The first-order valence-corrected chi connectivity index (χ1v) is 6.62. The molecule has 0 fully saturated rings. The topological polar surface area (TPSA) is 73.8 Å². The Labute approximate surface area is 113 Å². The first kappa shape index (κ1) is 11.9. The first-order chi connectivity index (χ1) is 9.11. The SMILES string of the molecule is Cc1nc2cc(-c3cnn(CC(N)=O)c3)ccc2s1. The van der Waals surface area contributed by atoms with Gasteiger partial charge in [-0.1, -0.05) is 6.07 Å². The number of carbonyl (C=O) groups excluding carboxylic acids is 1. The van der Waals surface area contributed by atoms with E-state index in [9.17, 15) is 4.79 Å². The number of thiazole rings is 1. The molecule has 6 heteroatoms. The van der Waals surface area contributed by atoms with Crippen LogP contribution in [0.5, 0.6) is 0 Å².